The minimum Gasteiger partial charge on any atom is -0.261 e. The van der Waals surface area contributed by atoms with Gasteiger partial charge in [0.1, 0.15) is 0 Å². The van der Waals surface area contributed by atoms with E-state index in [4.69, 9.17) is 5.14 Å². The van der Waals surface area contributed by atoms with Crippen LogP contribution in [-0.4, -0.2) is 23.4 Å². The number of hydrogen-bond donors (Lipinski definition) is 1. The Kier molecular flexibility index (Phi) is 4.20. The van der Waals surface area contributed by atoms with Crippen molar-refractivity contribution in [3.05, 3.63) is 59.3 Å². The Morgan fingerprint density at radius 2 is 2.09 bits per heavy atom. The Morgan fingerprint density at radius 3 is 2.78 bits per heavy atom. The molecule has 8 heteroatoms. The minimum absolute atomic E-state index is 0.0956. The summed E-state index contributed by atoms with van der Waals surface area (Å²) in [6.07, 6.45) is 5.57. The summed E-state index contributed by atoms with van der Waals surface area (Å²) in [5, 5.41) is 6.10. The molecule has 2 aromatic heterocycles. The van der Waals surface area contributed by atoms with Crippen LogP contribution in [0.3, 0.4) is 0 Å². The monoisotopic (exact) mass is 346 g/mol. The van der Waals surface area contributed by atoms with E-state index in [-0.39, 0.29) is 4.90 Å². The Hall–Kier alpha value is -2.16. The van der Waals surface area contributed by atoms with E-state index in [1.54, 1.807) is 30.7 Å². The standard InChI is InChI=1S/C15H14N4O2S2/c1-10-15(11-3-2-4-13(7-11)23(16,20)21)22-14(19-10)8-12-9-17-5-6-18-12/h2-7,9H,8H2,1H3,(H2,16,20,21). The number of primary sulfonamides is 1. The van der Waals surface area contributed by atoms with Gasteiger partial charge in [0.25, 0.3) is 0 Å². The van der Waals surface area contributed by atoms with Crippen molar-refractivity contribution in [1.29, 1.82) is 0 Å². The van der Waals surface area contributed by atoms with E-state index in [1.807, 2.05) is 13.0 Å². The highest BCUT2D eigenvalue weighted by Gasteiger charge is 2.14. The summed E-state index contributed by atoms with van der Waals surface area (Å²) in [7, 11) is -3.72. The molecule has 2 N–H and O–H groups in total. The van der Waals surface area contributed by atoms with Crippen LogP contribution in [0, 0.1) is 6.92 Å². The molecule has 0 saturated heterocycles. The lowest BCUT2D eigenvalue weighted by Gasteiger charge is -2.02. The number of thiazole rings is 1. The zero-order chi connectivity index (χ0) is 16.4. The summed E-state index contributed by atoms with van der Waals surface area (Å²) >= 11 is 1.51. The first-order valence-corrected chi connectivity index (χ1v) is 9.14. The Balaban J connectivity index is 1.95. The molecule has 0 unspecified atom stereocenters. The average molecular weight is 346 g/mol. The normalized spacial score (nSPS) is 11.6. The van der Waals surface area contributed by atoms with Crippen molar-refractivity contribution in [2.75, 3.05) is 0 Å². The molecule has 1 aromatic carbocycles. The maximum Gasteiger partial charge on any atom is 0.238 e. The highest BCUT2D eigenvalue weighted by atomic mass is 32.2. The quantitative estimate of drug-likeness (QED) is 0.780. The van der Waals surface area contributed by atoms with Crippen molar-refractivity contribution in [2.24, 2.45) is 5.14 Å². The molecule has 0 bridgehead atoms. The summed E-state index contributed by atoms with van der Waals surface area (Å²) in [4.78, 5) is 13.8. The lowest BCUT2D eigenvalue weighted by atomic mass is 10.2. The number of benzene rings is 1. The molecule has 3 rings (SSSR count). The van der Waals surface area contributed by atoms with Crippen LogP contribution in [0.4, 0.5) is 0 Å². The van der Waals surface area contributed by atoms with Crippen LogP contribution in [0.25, 0.3) is 10.4 Å². The third-order valence-electron chi connectivity index (χ3n) is 3.21. The van der Waals surface area contributed by atoms with E-state index >= 15 is 0 Å². The predicted octanol–water partition coefficient (Wildman–Crippen LogP) is 2.15. The van der Waals surface area contributed by atoms with Crippen LogP contribution in [0.5, 0.6) is 0 Å². The molecule has 0 radical (unpaired) electrons. The molecule has 0 aliphatic rings. The molecule has 2 heterocycles. The molecule has 118 valence electrons. The molecule has 0 atom stereocenters. The number of nitrogens with two attached hydrogens (primary N) is 1. The van der Waals surface area contributed by atoms with Gasteiger partial charge in [-0.05, 0) is 24.6 Å². The summed E-state index contributed by atoms with van der Waals surface area (Å²) in [6.45, 7) is 1.90. The number of aryl methyl sites for hydroxylation is 1. The van der Waals surface area contributed by atoms with Crippen LogP contribution in [-0.2, 0) is 16.4 Å². The van der Waals surface area contributed by atoms with Gasteiger partial charge in [-0.15, -0.1) is 11.3 Å². The van der Waals surface area contributed by atoms with Crippen molar-refractivity contribution in [3.8, 4) is 10.4 Å². The van der Waals surface area contributed by atoms with E-state index in [1.165, 1.54) is 17.4 Å². The van der Waals surface area contributed by atoms with Crippen LogP contribution in [0.15, 0.2) is 47.8 Å². The molecule has 0 aliphatic carbocycles. The molecule has 0 aliphatic heterocycles. The third-order valence-corrected chi connectivity index (χ3v) is 5.33. The van der Waals surface area contributed by atoms with Crippen LogP contribution in [0.2, 0.25) is 0 Å². The van der Waals surface area contributed by atoms with Gasteiger partial charge in [-0.1, -0.05) is 12.1 Å². The van der Waals surface area contributed by atoms with Gasteiger partial charge in [0.05, 0.1) is 26.2 Å². The van der Waals surface area contributed by atoms with E-state index in [9.17, 15) is 8.42 Å². The summed E-state index contributed by atoms with van der Waals surface area (Å²) in [6, 6.07) is 6.58. The van der Waals surface area contributed by atoms with Gasteiger partial charge in [0, 0.05) is 25.0 Å². The number of aromatic nitrogens is 3. The highest BCUT2D eigenvalue weighted by Crippen LogP contribution is 2.31. The van der Waals surface area contributed by atoms with Crippen molar-refractivity contribution in [1.82, 2.24) is 15.0 Å². The van der Waals surface area contributed by atoms with Crippen molar-refractivity contribution in [2.45, 2.75) is 18.2 Å². The fraction of sp³-hybridized carbons (Fsp3) is 0.133. The van der Waals surface area contributed by atoms with Crippen molar-refractivity contribution in [3.63, 3.8) is 0 Å². The van der Waals surface area contributed by atoms with Crippen LogP contribution < -0.4 is 5.14 Å². The second-order valence-corrected chi connectivity index (χ2v) is 7.61. The minimum atomic E-state index is -3.72. The SMILES string of the molecule is Cc1nc(Cc2cnccn2)sc1-c1cccc(S(N)(=O)=O)c1. The first kappa shape index (κ1) is 15.7. The fourth-order valence-electron chi connectivity index (χ4n) is 2.19. The topological polar surface area (TPSA) is 98.8 Å². The summed E-state index contributed by atoms with van der Waals surface area (Å²) in [5.41, 5.74) is 2.48. The zero-order valence-electron chi connectivity index (χ0n) is 12.3. The Labute approximate surface area is 138 Å². The predicted molar refractivity (Wildman–Crippen MR) is 88.5 cm³/mol. The van der Waals surface area contributed by atoms with Gasteiger partial charge in [0.15, 0.2) is 0 Å². The van der Waals surface area contributed by atoms with Crippen LogP contribution in [0.1, 0.15) is 16.4 Å². The van der Waals surface area contributed by atoms with Gasteiger partial charge in [-0.2, -0.15) is 0 Å². The maximum atomic E-state index is 11.5. The van der Waals surface area contributed by atoms with Crippen molar-refractivity contribution >= 4 is 21.4 Å². The molecular weight excluding hydrogens is 332 g/mol. The van der Waals surface area contributed by atoms with Gasteiger partial charge in [-0.25, -0.2) is 18.5 Å². The third kappa shape index (κ3) is 3.61. The highest BCUT2D eigenvalue weighted by molar-refractivity contribution is 7.89. The number of sulfonamides is 1. The smallest absolute Gasteiger partial charge is 0.238 e. The molecule has 0 saturated carbocycles. The molecular formula is C15H14N4O2S2. The number of hydrogen-bond acceptors (Lipinski definition) is 6. The molecule has 0 spiro atoms. The lowest BCUT2D eigenvalue weighted by Crippen LogP contribution is -2.11. The largest absolute Gasteiger partial charge is 0.261 e. The number of nitrogens with zero attached hydrogens (tertiary/aromatic N) is 3. The second kappa shape index (κ2) is 6.15. The van der Waals surface area contributed by atoms with E-state index in [0.717, 1.165) is 26.8 Å². The molecule has 23 heavy (non-hydrogen) atoms. The van der Waals surface area contributed by atoms with E-state index in [2.05, 4.69) is 15.0 Å². The van der Waals surface area contributed by atoms with Crippen molar-refractivity contribution < 1.29 is 8.42 Å². The lowest BCUT2D eigenvalue weighted by molar-refractivity contribution is 0.598. The van der Waals surface area contributed by atoms with Gasteiger partial charge >= 0.3 is 0 Å². The van der Waals surface area contributed by atoms with Crippen LogP contribution >= 0.6 is 11.3 Å². The summed E-state index contributed by atoms with van der Waals surface area (Å²) in [5.74, 6) is 0. The second-order valence-electron chi connectivity index (χ2n) is 4.97. The summed E-state index contributed by atoms with van der Waals surface area (Å²) < 4.78 is 23.0. The maximum absolute atomic E-state index is 11.5. The number of rotatable bonds is 4. The first-order valence-electron chi connectivity index (χ1n) is 6.78. The molecule has 0 amide bonds. The van der Waals surface area contributed by atoms with E-state index < -0.39 is 10.0 Å². The van der Waals surface area contributed by atoms with Gasteiger partial charge in [0.2, 0.25) is 10.0 Å². The molecule has 0 fully saturated rings. The van der Waals surface area contributed by atoms with Gasteiger partial charge < -0.3 is 0 Å². The Morgan fingerprint density at radius 1 is 1.26 bits per heavy atom. The first-order chi connectivity index (χ1) is 10.9. The zero-order valence-corrected chi connectivity index (χ0v) is 13.9. The Bertz CT molecular complexity index is 937. The average Bonchev–Trinajstić information content (AvgIpc) is 2.88. The van der Waals surface area contributed by atoms with Gasteiger partial charge in [-0.3, -0.25) is 9.97 Å². The fourth-order valence-corrected chi connectivity index (χ4v) is 3.82. The molecule has 6 nitrogen and oxygen atoms in total. The molecule has 3 aromatic rings. The van der Waals surface area contributed by atoms with E-state index in [0.29, 0.717) is 6.42 Å².